The van der Waals surface area contributed by atoms with Crippen LogP contribution in [0.3, 0.4) is 0 Å². The molecule has 0 radical (unpaired) electrons. The highest BCUT2D eigenvalue weighted by Crippen LogP contribution is 2.32. The van der Waals surface area contributed by atoms with Gasteiger partial charge in [-0.2, -0.15) is 0 Å². The van der Waals surface area contributed by atoms with Crippen LogP contribution < -0.4 is 0 Å². The Labute approximate surface area is 119 Å². The summed E-state index contributed by atoms with van der Waals surface area (Å²) in [7, 11) is 1.86. The Bertz CT molecular complexity index is 826. The molecule has 5 nitrogen and oxygen atoms in total. The van der Waals surface area contributed by atoms with E-state index in [0.717, 1.165) is 11.0 Å². The van der Waals surface area contributed by atoms with Gasteiger partial charge >= 0.3 is 0 Å². The number of nitro groups is 1. The molecule has 0 fully saturated rings. The Morgan fingerprint density at radius 2 is 2.00 bits per heavy atom. The van der Waals surface area contributed by atoms with Crippen LogP contribution in [0.4, 0.5) is 5.69 Å². The van der Waals surface area contributed by atoms with Gasteiger partial charge in [-0.05, 0) is 18.2 Å². The number of nitro benzene ring substituents is 1. The van der Waals surface area contributed by atoms with Crippen molar-refractivity contribution in [3.63, 3.8) is 0 Å². The molecule has 0 amide bonds. The average molecular weight is 288 g/mol. The van der Waals surface area contributed by atoms with Gasteiger partial charge in [0.2, 0.25) is 0 Å². The van der Waals surface area contributed by atoms with E-state index < -0.39 is 4.92 Å². The van der Waals surface area contributed by atoms with Gasteiger partial charge in [0.1, 0.15) is 5.82 Å². The van der Waals surface area contributed by atoms with E-state index in [4.69, 9.17) is 11.6 Å². The molecule has 0 spiro atoms. The number of rotatable bonds is 2. The van der Waals surface area contributed by atoms with Crippen LogP contribution in [0.2, 0.25) is 5.02 Å². The first-order valence-corrected chi connectivity index (χ1v) is 6.31. The molecule has 0 aliphatic heterocycles. The Kier molecular flexibility index (Phi) is 2.91. The van der Waals surface area contributed by atoms with Gasteiger partial charge in [-0.1, -0.05) is 23.7 Å². The number of fused-ring (bicyclic) bond motifs is 1. The molecule has 0 N–H and O–H groups in total. The second-order valence-corrected chi connectivity index (χ2v) is 4.81. The molecule has 0 aliphatic carbocycles. The molecule has 1 aromatic heterocycles. The van der Waals surface area contributed by atoms with E-state index in [9.17, 15) is 10.1 Å². The van der Waals surface area contributed by atoms with Crippen LogP contribution in [0, 0.1) is 10.1 Å². The van der Waals surface area contributed by atoms with E-state index in [1.165, 1.54) is 18.2 Å². The topological polar surface area (TPSA) is 61.0 Å². The van der Waals surface area contributed by atoms with Crippen LogP contribution in [-0.4, -0.2) is 14.5 Å². The van der Waals surface area contributed by atoms with Crippen molar-refractivity contribution in [2.24, 2.45) is 7.05 Å². The summed E-state index contributed by atoms with van der Waals surface area (Å²) in [6, 6.07) is 12.0. The number of hydrogen-bond acceptors (Lipinski definition) is 3. The second-order valence-electron chi connectivity index (χ2n) is 4.40. The normalized spacial score (nSPS) is 10.9. The highest BCUT2D eigenvalue weighted by Gasteiger charge is 2.16. The first-order valence-electron chi connectivity index (χ1n) is 5.93. The molecule has 0 unspecified atom stereocenters. The maximum Gasteiger partial charge on any atom is 0.270 e. The zero-order valence-electron chi connectivity index (χ0n) is 10.6. The predicted molar refractivity (Wildman–Crippen MR) is 77.8 cm³/mol. The van der Waals surface area contributed by atoms with Gasteiger partial charge in [0.15, 0.2) is 0 Å². The first-order chi connectivity index (χ1) is 9.58. The molecule has 0 atom stereocenters. The van der Waals surface area contributed by atoms with E-state index in [1.807, 2.05) is 35.9 Å². The summed E-state index contributed by atoms with van der Waals surface area (Å²) in [5, 5.41) is 11.3. The fourth-order valence-corrected chi connectivity index (χ4v) is 2.39. The lowest BCUT2D eigenvalue weighted by atomic mass is 10.2. The minimum absolute atomic E-state index is 0.00328. The number of aryl methyl sites for hydroxylation is 1. The van der Waals surface area contributed by atoms with Crippen molar-refractivity contribution in [1.29, 1.82) is 0 Å². The summed E-state index contributed by atoms with van der Waals surface area (Å²) < 4.78 is 1.88. The van der Waals surface area contributed by atoms with Crippen molar-refractivity contribution in [3.8, 4) is 11.4 Å². The fraction of sp³-hybridized carbons (Fsp3) is 0.0714. The zero-order chi connectivity index (χ0) is 14.3. The van der Waals surface area contributed by atoms with Gasteiger partial charge < -0.3 is 4.57 Å². The standard InChI is InChI=1S/C14H10ClN3O2/c1-17-13-5-3-2-4-12(13)16-14(17)10-8-9(18(19)20)6-7-11(10)15/h2-8H,1H3. The smallest absolute Gasteiger partial charge is 0.270 e. The van der Waals surface area contributed by atoms with E-state index in [2.05, 4.69) is 4.98 Å². The summed E-state index contributed by atoms with van der Waals surface area (Å²) in [5.41, 5.74) is 2.33. The quantitative estimate of drug-likeness (QED) is 0.532. The molecule has 2 aromatic carbocycles. The molecular formula is C14H10ClN3O2. The van der Waals surface area contributed by atoms with Gasteiger partial charge in [-0.3, -0.25) is 10.1 Å². The van der Waals surface area contributed by atoms with Crippen LogP contribution in [0.1, 0.15) is 0 Å². The average Bonchev–Trinajstić information content (AvgIpc) is 2.77. The summed E-state index contributed by atoms with van der Waals surface area (Å²) in [5.74, 6) is 0.611. The van der Waals surface area contributed by atoms with Crippen molar-refractivity contribution in [2.75, 3.05) is 0 Å². The number of non-ortho nitro benzene ring substituents is 1. The molecule has 3 aromatic rings. The highest BCUT2D eigenvalue weighted by molar-refractivity contribution is 6.33. The lowest BCUT2D eigenvalue weighted by Crippen LogP contribution is -1.95. The van der Waals surface area contributed by atoms with E-state index in [1.54, 1.807) is 0 Å². The number of halogens is 1. The van der Waals surface area contributed by atoms with Crippen LogP contribution in [0.5, 0.6) is 0 Å². The number of aromatic nitrogens is 2. The van der Waals surface area contributed by atoms with Gasteiger partial charge in [-0.15, -0.1) is 0 Å². The molecule has 20 heavy (non-hydrogen) atoms. The minimum atomic E-state index is -0.442. The Hall–Kier alpha value is -2.40. The van der Waals surface area contributed by atoms with Crippen LogP contribution in [-0.2, 0) is 7.05 Å². The van der Waals surface area contributed by atoms with Gasteiger partial charge in [0, 0.05) is 24.7 Å². The highest BCUT2D eigenvalue weighted by atomic mass is 35.5. The third-order valence-corrected chi connectivity index (χ3v) is 3.52. The van der Waals surface area contributed by atoms with Gasteiger partial charge in [-0.25, -0.2) is 4.98 Å². The predicted octanol–water partition coefficient (Wildman–Crippen LogP) is 3.80. The van der Waals surface area contributed by atoms with Gasteiger partial charge in [0.25, 0.3) is 5.69 Å². The molecule has 0 aliphatic rings. The Morgan fingerprint density at radius 3 is 2.70 bits per heavy atom. The largest absolute Gasteiger partial charge is 0.327 e. The lowest BCUT2D eigenvalue weighted by Gasteiger charge is -2.04. The van der Waals surface area contributed by atoms with Crippen molar-refractivity contribution in [3.05, 3.63) is 57.6 Å². The van der Waals surface area contributed by atoms with E-state index in [-0.39, 0.29) is 5.69 Å². The molecular weight excluding hydrogens is 278 g/mol. The second kappa shape index (κ2) is 4.61. The summed E-state index contributed by atoms with van der Waals surface area (Å²) in [6.07, 6.45) is 0. The van der Waals surface area contributed by atoms with Crippen LogP contribution in [0.25, 0.3) is 22.4 Å². The molecule has 0 saturated heterocycles. The van der Waals surface area contributed by atoms with Crippen LogP contribution >= 0.6 is 11.6 Å². The molecule has 0 bridgehead atoms. The van der Waals surface area contributed by atoms with E-state index in [0.29, 0.717) is 16.4 Å². The zero-order valence-corrected chi connectivity index (χ0v) is 11.3. The summed E-state index contributed by atoms with van der Waals surface area (Å²) >= 11 is 6.16. The third-order valence-electron chi connectivity index (χ3n) is 3.19. The molecule has 0 saturated carbocycles. The molecule has 1 heterocycles. The first kappa shape index (κ1) is 12.6. The fourth-order valence-electron chi connectivity index (χ4n) is 2.18. The SMILES string of the molecule is Cn1c(-c2cc([N+](=O)[O-])ccc2Cl)nc2ccccc21. The summed E-state index contributed by atoms with van der Waals surface area (Å²) in [4.78, 5) is 14.9. The maximum absolute atomic E-state index is 10.9. The van der Waals surface area contributed by atoms with E-state index >= 15 is 0 Å². The Balaban J connectivity index is 2.27. The monoisotopic (exact) mass is 287 g/mol. The molecule has 6 heteroatoms. The lowest BCUT2D eigenvalue weighted by molar-refractivity contribution is -0.384. The maximum atomic E-state index is 10.9. The number of imidazole rings is 1. The number of nitrogens with zero attached hydrogens (tertiary/aromatic N) is 3. The van der Waals surface area contributed by atoms with Crippen molar-refractivity contribution >= 4 is 28.3 Å². The number of para-hydroxylation sites is 2. The van der Waals surface area contributed by atoms with Crippen LogP contribution in [0.15, 0.2) is 42.5 Å². The third kappa shape index (κ3) is 1.92. The van der Waals surface area contributed by atoms with Crippen molar-refractivity contribution < 1.29 is 4.92 Å². The van der Waals surface area contributed by atoms with Gasteiger partial charge in [0.05, 0.1) is 21.0 Å². The molecule has 3 rings (SSSR count). The molecule has 100 valence electrons. The number of benzene rings is 2. The van der Waals surface area contributed by atoms with Crippen molar-refractivity contribution in [2.45, 2.75) is 0 Å². The number of hydrogen-bond donors (Lipinski definition) is 0. The minimum Gasteiger partial charge on any atom is -0.327 e. The van der Waals surface area contributed by atoms with Crippen molar-refractivity contribution in [1.82, 2.24) is 9.55 Å². The summed E-state index contributed by atoms with van der Waals surface area (Å²) in [6.45, 7) is 0. The Morgan fingerprint density at radius 1 is 1.25 bits per heavy atom.